The Labute approximate surface area is 143 Å². The summed E-state index contributed by atoms with van der Waals surface area (Å²) in [6.45, 7) is 6.40. The van der Waals surface area contributed by atoms with Gasteiger partial charge in [-0.3, -0.25) is 9.69 Å². The molecular weight excluding hydrogens is 303 g/mol. The van der Waals surface area contributed by atoms with Crippen molar-refractivity contribution in [3.8, 4) is 0 Å². The monoisotopic (exact) mass is 328 g/mol. The molecule has 0 aliphatic rings. The van der Waals surface area contributed by atoms with Crippen LogP contribution >= 0.6 is 0 Å². The molecule has 0 saturated heterocycles. The zero-order chi connectivity index (χ0) is 17.7. The second-order valence-electron chi connectivity index (χ2n) is 6.31. The van der Waals surface area contributed by atoms with Crippen molar-refractivity contribution in [3.05, 3.63) is 71.0 Å². The number of carbonyl (C=O) groups excluding carboxylic acids is 1. The predicted octanol–water partition coefficient (Wildman–Crippen LogP) is 3.83. The Bertz CT molecular complexity index is 702. The molecule has 3 nitrogen and oxygen atoms in total. The molecule has 1 N–H and O–H groups in total. The van der Waals surface area contributed by atoms with Gasteiger partial charge in [0.25, 0.3) is 0 Å². The number of nitrogens with one attached hydrogen (secondary N) is 1. The van der Waals surface area contributed by atoms with Gasteiger partial charge in [0.2, 0.25) is 5.91 Å². The molecule has 128 valence electrons. The van der Waals surface area contributed by atoms with Gasteiger partial charge in [-0.1, -0.05) is 36.4 Å². The van der Waals surface area contributed by atoms with Gasteiger partial charge >= 0.3 is 0 Å². The Morgan fingerprint density at radius 1 is 1.17 bits per heavy atom. The number of hydrogen-bond donors (Lipinski definition) is 1. The van der Waals surface area contributed by atoms with E-state index in [4.69, 9.17) is 0 Å². The van der Waals surface area contributed by atoms with Crippen molar-refractivity contribution in [2.75, 3.05) is 7.05 Å². The van der Waals surface area contributed by atoms with Crippen LogP contribution in [-0.4, -0.2) is 23.9 Å². The van der Waals surface area contributed by atoms with E-state index in [2.05, 4.69) is 5.32 Å². The number of carbonyl (C=O) groups is 1. The maximum absolute atomic E-state index is 13.3. The number of amides is 1. The molecule has 2 aromatic carbocycles. The molecular formula is C20H25FN2O. The molecule has 2 unspecified atom stereocenters. The van der Waals surface area contributed by atoms with Gasteiger partial charge in [0.05, 0.1) is 12.1 Å². The average Bonchev–Trinajstić information content (AvgIpc) is 2.54. The predicted molar refractivity (Wildman–Crippen MR) is 95.1 cm³/mol. The van der Waals surface area contributed by atoms with E-state index in [0.29, 0.717) is 6.54 Å². The normalized spacial score (nSPS) is 13.6. The highest BCUT2D eigenvalue weighted by atomic mass is 19.1. The molecule has 0 aliphatic carbocycles. The van der Waals surface area contributed by atoms with Crippen LogP contribution < -0.4 is 5.32 Å². The maximum Gasteiger partial charge on any atom is 0.237 e. The fourth-order valence-electron chi connectivity index (χ4n) is 2.74. The van der Waals surface area contributed by atoms with Gasteiger partial charge in [0.15, 0.2) is 0 Å². The van der Waals surface area contributed by atoms with E-state index in [1.165, 1.54) is 12.1 Å². The lowest BCUT2D eigenvalue weighted by Gasteiger charge is -2.26. The van der Waals surface area contributed by atoms with E-state index in [0.717, 1.165) is 16.7 Å². The number of aryl methyl sites for hydroxylation is 1. The minimum atomic E-state index is -0.306. The van der Waals surface area contributed by atoms with Crippen molar-refractivity contribution in [2.45, 2.75) is 39.4 Å². The first-order chi connectivity index (χ1) is 11.4. The minimum absolute atomic E-state index is 0.0374. The van der Waals surface area contributed by atoms with Crippen LogP contribution in [0.15, 0.2) is 48.5 Å². The molecule has 0 radical (unpaired) electrons. The second kappa shape index (κ2) is 8.06. The summed E-state index contributed by atoms with van der Waals surface area (Å²) in [6, 6.07) is 14.1. The summed E-state index contributed by atoms with van der Waals surface area (Å²) in [7, 11) is 1.87. The summed E-state index contributed by atoms with van der Waals surface area (Å²) in [5.74, 6) is -0.296. The molecule has 2 aromatic rings. The fraction of sp³-hybridized carbons (Fsp3) is 0.350. The Morgan fingerprint density at radius 2 is 1.88 bits per heavy atom. The van der Waals surface area contributed by atoms with Crippen molar-refractivity contribution < 1.29 is 9.18 Å². The lowest BCUT2D eigenvalue weighted by Crippen LogP contribution is -2.43. The molecule has 0 saturated carbocycles. The first-order valence-electron chi connectivity index (χ1n) is 8.19. The lowest BCUT2D eigenvalue weighted by molar-refractivity contribution is -0.126. The van der Waals surface area contributed by atoms with Gasteiger partial charge in [-0.05, 0) is 56.6 Å². The Hall–Kier alpha value is -2.20. The lowest BCUT2D eigenvalue weighted by atomic mass is 10.0. The van der Waals surface area contributed by atoms with Crippen molar-refractivity contribution in [3.63, 3.8) is 0 Å². The van der Waals surface area contributed by atoms with Crippen LogP contribution in [0.2, 0.25) is 0 Å². The highest BCUT2D eigenvalue weighted by molar-refractivity contribution is 5.81. The average molecular weight is 328 g/mol. The summed E-state index contributed by atoms with van der Waals surface area (Å²) in [6.07, 6.45) is 0. The number of rotatable bonds is 6. The SMILES string of the molecule is Cc1ccccc1C(C)NC(=O)C(C)N(C)Cc1cccc(F)c1. The van der Waals surface area contributed by atoms with Crippen LogP contribution in [0.3, 0.4) is 0 Å². The van der Waals surface area contributed by atoms with Gasteiger partial charge in [-0.2, -0.15) is 0 Å². The smallest absolute Gasteiger partial charge is 0.237 e. The van der Waals surface area contributed by atoms with Gasteiger partial charge in [-0.25, -0.2) is 4.39 Å². The van der Waals surface area contributed by atoms with Gasteiger partial charge < -0.3 is 5.32 Å². The Morgan fingerprint density at radius 3 is 2.54 bits per heavy atom. The van der Waals surface area contributed by atoms with E-state index >= 15 is 0 Å². The number of hydrogen-bond acceptors (Lipinski definition) is 2. The van der Waals surface area contributed by atoms with Crippen LogP contribution in [0.5, 0.6) is 0 Å². The number of likely N-dealkylation sites (N-methyl/N-ethyl adjacent to an activating group) is 1. The van der Waals surface area contributed by atoms with E-state index in [1.54, 1.807) is 6.07 Å². The first-order valence-corrected chi connectivity index (χ1v) is 8.19. The third kappa shape index (κ3) is 4.65. The highest BCUT2D eigenvalue weighted by Gasteiger charge is 2.20. The molecule has 0 fully saturated rings. The summed E-state index contributed by atoms with van der Waals surface area (Å²) in [4.78, 5) is 14.4. The fourth-order valence-corrected chi connectivity index (χ4v) is 2.74. The van der Waals surface area contributed by atoms with Crippen molar-refractivity contribution >= 4 is 5.91 Å². The second-order valence-corrected chi connectivity index (χ2v) is 6.31. The quantitative estimate of drug-likeness (QED) is 0.874. The summed E-state index contributed by atoms with van der Waals surface area (Å²) in [5, 5.41) is 3.06. The molecule has 4 heteroatoms. The molecule has 2 atom stereocenters. The summed E-state index contributed by atoms with van der Waals surface area (Å²) in [5.41, 5.74) is 3.13. The minimum Gasteiger partial charge on any atom is -0.348 e. The maximum atomic E-state index is 13.3. The van der Waals surface area contributed by atoms with Crippen LogP contribution in [0.4, 0.5) is 4.39 Å². The zero-order valence-corrected chi connectivity index (χ0v) is 14.7. The van der Waals surface area contributed by atoms with E-state index in [1.807, 2.05) is 63.1 Å². The van der Waals surface area contributed by atoms with E-state index in [9.17, 15) is 9.18 Å². The molecule has 0 bridgehead atoms. The van der Waals surface area contributed by atoms with Gasteiger partial charge in [0, 0.05) is 6.54 Å². The van der Waals surface area contributed by atoms with Crippen LogP contribution in [0.1, 0.15) is 36.6 Å². The van der Waals surface area contributed by atoms with Crippen molar-refractivity contribution in [2.24, 2.45) is 0 Å². The first kappa shape index (κ1) is 18.1. The van der Waals surface area contributed by atoms with Gasteiger partial charge in [0.1, 0.15) is 5.82 Å². The molecule has 0 spiro atoms. The number of benzene rings is 2. The van der Waals surface area contributed by atoms with E-state index < -0.39 is 0 Å². The third-order valence-corrected chi connectivity index (χ3v) is 4.38. The molecule has 0 aliphatic heterocycles. The number of nitrogens with zero attached hydrogens (tertiary/aromatic N) is 1. The highest BCUT2D eigenvalue weighted by Crippen LogP contribution is 2.17. The molecule has 24 heavy (non-hydrogen) atoms. The van der Waals surface area contributed by atoms with Crippen molar-refractivity contribution in [1.29, 1.82) is 0 Å². The molecule has 0 heterocycles. The number of halogens is 1. The Kier molecular flexibility index (Phi) is 6.10. The van der Waals surface area contributed by atoms with E-state index in [-0.39, 0.29) is 23.8 Å². The Balaban J connectivity index is 1.97. The van der Waals surface area contributed by atoms with Crippen LogP contribution in [0.25, 0.3) is 0 Å². The molecule has 2 rings (SSSR count). The summed E-state index contributed by atoms with van der Waals surface area (Å²) >= 11 is 0. The zero-order valence-electron chi connectivity index (χ0n) is 14.7. The summed E-state index contributed by atoms with van der Waals surface area (Å²) < 4.78 is 13.3. The molecule has 1 amide bonds. The van der Waals surface area contributed by atoms with Crippen molar-refractivity contribution in [1.82, 2.24) is 10.2 Å². The van der Waals surface area contributed by atoms with Gasteiger partial charge in [-0.15, -0.1) is 0 Å². The van der Waals surface area contributed by atoms with Crippen LogP contribution in [0, 0.1) is 12.7 Å². The topological polar surface area (TPSA) is 32.3 Å². The largest absolute Gasteiger partial charge is 0.348 e. The van der Waals surface area contributed by atoms with Crippen LogP contribution in [-0.2, 0) is 11.3 Å². The standard InChI is InChI=1S/C20H25FN2O/c1-14-8-5-6-11-19(14)15(2)22-20(24)16(3)23(4)13-17-9-7-10-18(21)12-17/h5-12,15-16H,13H2,1-4H3,(H,22,24). The molecule has 0 aromatic heterocycles. The third-order valence-electron chi connectivity index (χ3n) is 4.38.